The van der Waals surface area contributed by atoms with Crippen LogP contribution in [0.3, 0.4) is 0 Å². The van der Waals surface area contributed by atoms with Gasteiger partial charge >= 0.3 is 11.7 Å². The van der Waals surface area contributed by atoms with Crippen molar-refractivity contribution in [3.8, 4) is 0 Å². The summed E-state index contributed by atoms with van der Waals surface area (Å²) in [5.74, 6) is -0.857. The summed E-state index contributed by atoms with van der Waals surface area (Å²) in [5.41, 5.74) is 3.61. The first-order valence-corrected chi connectivity index (χ1v) is 7.03. The third-order valence-corrected chi connectivity index (χ3v) is 3.92. The van der Waals surface area contributed by atoms with Crippen LogP contribution in [0.4, 0.5) is 0 Å². The second-order valence-electron chi connectivity index (χ2n) is 4.49. The van der Waals surface area contributed by atoms with Crippen molar-refractivity contribution in [2.24, 2.45) is 0 Å². The normalized spacial score (nSPS) is 10.7. The van der Waals surface area contributed by atoms with Crippen LogP contribution in [0.5, 0.6) is 0 Å². The van der Waals surface area contributed by atoms with Crippen LogP contribution in [0.25, 0.3) is 0 Å². The van der Waals surface area contributed by atoms with Crippen LogP contribution in [0.2, 0.25) is 0 Å². The van der Waals surface area contributed by atoms with Crippen LogP contribution in [0.15, 0.2) is 16.5 Å². The second kappa shape index (κ2) is 5.96. The summed E-state index contributed by atoms with van der Waals surface area (Å²) in [6, 6.07) is 0. The zero-order valence-corrected chi connectivity index (χ0v) is 12.1. The molecule has 0 atom stereocenters. The lowest BCUT2D eigenvalue weighted by molar-refractivity contribution is -0.136. The van der Waals surface area contributed by atoms with Gasteiger partial charge in [0.25, 0.3) is 0 Å². The van der Waals surface area contributed by atoms with Crippen LogP contribution < -0.4 is 5.69 Å². The van der Waals surface area contributed by atoms with Crippen molar-refractivity contribution in [1.29, 1.82) is 0 Å². The number of aliphatic carboxylic acids is 1. The molecule has 0 bridgehead atoms. The van der Waals surface area contributed by atoms with E-state index in [-0.39, 0.29) is 12.1 Å². The van der Waals surface area contributed by atoms with Gasteiger partial charge in [-0.05, 0) is 25.8 Å². The highest BCUT2D eigenvalue weighted by molar-refractivity contribution is 7.09. The van der Waals surface area contributed by atoms with Crippen molar-refractivity contribution in [2.75, 3.05) is 0 Å². The van der Waals surface area contributed by atoms with E-state index in [2.05, 4.69) is 9.97 Å². The minimum atomic E-state index is -0.857. The Morgan fingerprint density at radius 2 is 2.20 bits per heavy atom. The molecule has 0 amide bonds. The first kappa shape index (κ1) is 14.4. The Labute approximate surface area is 119 Å². The Hall–Kier alpha value is -2.02. The van der Waals surface area contributed by atoms with Crippen molar-refractivity contribution >= 4 is 17.3 Å². The molecule has 20 heavy (non-hydrogen) atoms. The van der Waals surface area contributed by atoms with E-state index in [0.29, 0.717) is 18.7 Å². The van der Waals surface area contributed by atoms with Gasteiger partial charge in [-0.25, -0.2) is 4.79 Å². The van der Waals surface area contributed by atoms with E-state index in [1.165, 1.54) is 11.3 Å². The quantitative estimate of drug-likeness (QED) is 0.900. The number of carboxylic acids is 1. The molecular formula is C13H15N3O3S. The summed E-state index contributed by atoms with van der Waals surface area (Å²) in [7, 11) is 0. The average molecular weight is 293 g/mol. The summed E-state index contributed by atoms with van der Waals surface area (Å²) >= 11 is 1.47. The van der Waals surface area contributed by atoms with Crippen LogP contribution in [-0.2, 0) is 17.8 Å². The number of hydrogen-bond donors (Lipinski definition) is 1. The zero-order valence-electron chi connectivity index (χ0n) is 11.3. The highest BCUT2D eigenvalue weighted by Crippen LogP contribution is 2.14. The molecule has 0 aliphatic rings. The van der Waals surface area contributed by atoms with Gasteiger partial charge in [0.15, 0.2) is 0 Å². The molecule has 0 spiro atoms. The maximum atomic E-state index is 12.0. The fourth-order valence-corrected chi connectivity index (χ4v) is 2.68. The maximum Gasteiger partial charge on any atom is 0.348 e. The molecule has 0 saturated heterocycles. The Bertz CT molecular complexity index is 677. The topological polar surface area (TPSA) is 85.1 Å². The highest BCUT2D eigenvalue weighted by Gasteiger charge is 2.13. The van der Waals surface area contributed by atoms with E-state index in [9.17, 15) is 9.59 Å². The van der Waals surface area contributed by atoms with Crippen LogP contribution >= 0.6 is 11.3 Å². The van der Waals surface area contributed by atoms with Crippen molar-refractivity contribution in [3.63, 3.8) is 0 Å². The van der Waals surface area contributed by atoms with Gasteiger partial charge < -0.3 is 5.11 Å². The van der Waals surface area contributed by atoms with Gasteiger partial charge in [0.2, 0.25) is 0 Å². The molecule has 0 unspecified atom stereocenters. The maximum absolute atomic E-state index is 12.0. The number of aryl methyl sites for hydroxylation is 1. The first-order valence-electron chi connectivity index (χ1n) is 6.15. The monoisotopic (exact) mass is 293 g/mol. The molecule has 0 saturated carbocycles. The molecule has 6 nitrogen and oxygen atoms in total. The second-order valence-corrected chi connectivity index (χ2v) is 5.46. The highest BCUT2D eigenvalue weighted by atomic mass is 32.1. The van der Waals surface area contributed by atoms with Gasteiger partial charge in [-0.2, -0.15) is 4.98 Å². The van der Waals surface area contributed by atoms with E-state index < -0.39 is 5.97 Å². The number of carboxylic acid groups (broad SMARTS) is 1. The third-order valence-electron chi connectivity index (χ3n) is 3.16. The molecule has 7 heteroatoms. The standard InChI is InChI=1S/C13H15N3O3S/c1-8-11(3-4-12(17)18)9(2)16(13(19)15-8)6-10-5-14-7-20-10/h5,7H,3-4,6H2,1-2H3,(H,17,18). The molecule has 2 aromatic rings. The van der Waals surface area contributed by atoms with Crippen LogP contribution in [0.1, 0.15) is 28.2 Å². The lowest BCUT2D eigenvalue weighted by Gasteiger charge is -2.14. The molecule has 2 heterocycles. The summed E-state index contributed by atoms with van der Waals surface area (Å²) in [6.07, 6.45) is 2.12. The van der Waals surface area contributed by atoms with Crippen molar-refractivity contribution in [1.82, 2.24) is 14.5 Å². The molecule has 0 aliphatic carbocycles. The number of nitrogens with zero attached hydrogens (tertiary/aromatic N) is 3. The van der Waals surface area contributed by atoms with Crippen molar-refractivity contribution in [2.45, 2.75) is 33.2 Å². The zero-order chi connectivity index (χ0) is 14.7. The predicted molar refractivity (Wildman–Crippen MR) is 75.1 cm³/mol. The Kier molecular flexibility index (Phi) is 4.29. The van der Waals surface area contributed by atoms with Gasteiger partial charge in [-0.1, -0.05) is 0 Å². The van der Waals surface area contributed by atoms with E-state index in [0.717, 1.165) is 16.1 Å². The Morgan fingerprint density at radius 1 is 1.45 bits per heavy atom. The molecule has 0 radical (unpaired) electrons. The van der Waals surface area contributed by atoms with E-state index in [1.54, 1.807) is 23.2 Å². The summed E-state index contributed by atoms with van der Waals surface area (Å²) in [6.45, 7) is 3.99. The van der Waals surface area contributed by atoms with Gasteiger partial charge in [-0.15, -0.1) is 11.3 Å². The van der Waals surface area contributed by atoms with Crippen LogP contribution in [0, 0.1) is 13.8 Å². The molecular weight excluding hydrogens is 278 g/mol. The first-order chi connectivity index (χ1) is 9.49. The summed E-state index contributed by atoms with van der Waals surface area (Å²) < 4.78 is 1.57. The Balaban J connectivity index is 2.38. The number of carbonyl (C=O) groups is 1. The lowest BCUT2D eigenvalue weighted by Crippen LogP contribution is -2.28. The number of aromatic nitrogens is 3. The predicted octanol–water partition coefficient (Wildman–Crippen LogP) is 1.38. The minimum absolute atomic E-state index is 0.0299. The van der Waals surface area contributed by atoms with Crippen LogP contribution in [-0.4, -0.2) is 25.6 Å². The van der Waals surface area contributed by atoms with Crippen molar-refractivity contribution < 1.29 is 9.90 Å². The molecule has 0 fully saturated rings. The largest absolute Gasteiger partial charge is 0.481 e. The number of hydrogen-bond acceptors (Lipinski definition) is 5. The third kappa shape index (κ3) is 3.11. The SMILES string of the molecule is Cc1nc(=O)n(Cc2cncs2)c(C)c1CCC(=O)O. The lowest BCUT2D eigenvalue weighted by atomic mass is 10.1. The van der Waals surface area contributed by atoms with Gasteiger partial charge in [0.05, 0.1) is 12.1 Å². The molecule has 2 aromatic heterocycles. The van der Waals surface area contributed by atoms with Gasteiger partial charge in [0, 0.05) is 28.9 Å². The van der Waals surface area contributed by atoms with Crippen molar-refractivity contribution in [3.05, 3.63) is 44.0 Å². The molecule has 0 aliphatic heterocycles. The number of thiazole rings is 1. The summed E-state index contributed by atoms with van der Waals surface area (Å²) in [5, 5.41) is 8.79. The number of rotatable bonds is 5. The Morgan fingerprint density at radius 3 is 2.80 bits per heavy atom. The molecule has 1 N–H and O–H groups in total. The minimum Gasteiger partial charge on any atom is -0.481 e. The average Bonchev–Trinajstić information content (AvgIpc) is 2.86. The van der Waals surface area contributed by atoms with E-state index >= 15 is 0 Å². The molecule has 106 valence electrons. The van der Waals surface area contributed by atoms with Gasteiger partial charge in [-0.3, -0.25) is 14.3 Å². The fourth-order valence-electron chi connectivity index (χ4n) is 2.10. The molecule has 0 aromatic carbocycles. The molecule has 2 rings (SSSR count). The summed E-state index contributed by atoms with van der Waals surface area (Å²) in [4.78, 5) is 31.6. The fraction of sp³-hybridized carbons (Fsp3) is 0.385. The smallest absolute Gasteiger partial charge is 0.348 e. The van der Waals surface area contributed by atoms with E-state index in [1.807, 2.05) is 6.92 Å². The van der Waals surface area contributed by atoms with Gasteiger partial charge in [0.1, 0.15) is 0 Å². The van der Waals surface area contributed by atoms with E-state index in [4.69, 9.17) is 5.11 Å².